The number of nitrogens with zero attached hydrogens (tertiary/aromatic N) is 4. The molecule has 4 nitrogen and oxygen atoms in total. The van der Waals surface area contributed by atoms with E-state index in [-0.39, 0.29) is 5.82 Å². The molecule has 0 aliphatic carbocycles. The van der Waals surface area contributed by atoms with Crippen molar-refractivity contribution in [1.29, 1.82) is 0 Å². The quantitative estimate of drug-likeness (QED) is 0.547. The van der Waals surface area contributed by atoms with Crippen molar-refractivity contribution < 1.29 is 4.39 Å². The van der Waals surface area contributed by atoms with Gasteiger partial charge in [0.1, 0.15) is 5.82 Å². The summed E-state index contributed by atoms with van der Waals surface area (Å²) in [6, 6.07) is 6.19. The molecule has 0 bridgehead atoms. The molecule has 2 heterocycles. The second-order valence-corrected chi connectivity index (χ2v) is 8.72. The molecule has 29 heavy (non-hydrogen) atoms. The zero-order chi connectivity index (χ0) is 20.6. The Labute approximate surface area is 178 Å². The molecule has 0 saturated carbocycles. The summed E-state index contributed by atoms with van der Waals surface area (Å²) < 4.78 is 13.9. The molecule has 158 valence electrons. The van der Waals surface area contributed by atoms with Gasteiger partial charge in [0.15, 0.2) is 0 Å². The maximum Gasteiger partial charge on any atom is 0.225 e. The molecule has 0 spiro atoms. The molecule has 1 saturated heterocycles. The van der Waals surface area contributed by atoms with Crippen LogP contribution in [0.4, 0.5) is 10.3 Å². The highest BCUT2D eigenvalue weighted by Gasteiger charge is 2.22. The highest BCUT2D eigenvalue weighted by Crippen LogP contribution is 2.21. The molecule has 1 aliphatic rings. The number of thioether (sulfide) groups is 1. The topological polar surface area (TPSA) is 32.3 Å². The summed E-state index contributed by atoms with van der Waals surface area (Å²) in [5.41, 5.74) is 2.31. The molecule has 1 fully saturated rings. The monoisotopic (exact) mass is 416 g/mol. The van der Waals surface area contributed by atoms with E-state index in [1.54, 1.807) is 6.07 Å². The Bertz CT molecular complexity index is 760. The van der Waals surface area contributed by atoms with Gasteiger partial charge in [0, 0.05) is 49.5 Å². The standard InChI is InChI=1S/C23H33FN4S/c1-4-6-20-16-25-23(26-17-20)28-13-11-27(12-14-28)18(2)7-5-8-19-9-10-22(29-3)21(24)15-19/h9-10,15-18H,4-8,11-14H2,1-3H3. The van der Waals surface area contributed by atoms with E-state index >= 15 is 0 Å². The number of aromatic nitrogens is 2. The van der Waals surface area contributed by atoms with Gasteiger partial charge in [0.05, 0.1) is 0 Å². The maximum atomic E-state index is 13.9. The number of aryl methyl sites for hydroxylation is 2. The van der Waals surface area contributed by atoms with Crippen LogP contribution in [0.5, 0.6) is 0 Å². The van der Waals surface area contributed by atoms with Crippen LogP contribution >= 0.6 is 11.8 Å². The highest BCUT2D eigenvalue weighted by molar-refractivity contribution is 7.98. The first kappa shape index (κ1) is 22.0. The Hall–Kier alpha value is -1.66. The van der Waals surface area contributed by atoms with Crippen LogP contribution in [0.1, 0.15) is 44.2 Å². The van der Waals surface area contributed by atoms with Crippen molar-refractivity contribution in [2.24, 2.45) is 0 Å². The van der Waals surface area contributed by atoms with E-state index in [1.165, 1.54) is 17.3 Å². The summed E-state index contributed by atoms with van der Waals surface area (Å²) in [7, 11) is 0. The molecule has 0 radical (unpaired) electrons. The summed E-state index contributed by atoms with van der Waals surface area (Å²) in [5.74, 6) is 0.761. The molecule has 0 N–H and O–H groups in total. The van der Waals surface area contributed by atoms with Crippen LogP contribution in [0.3, 0.4) is 0 Å². The summed E-state index contributed by atoms with van der Waals surface area (Å²) >= 11 is 1.46. The third kappa shape index (κ3) is 6.16. The number of hydrogen-bond acceptors (Lipinski definition) is 5. The van der Waals surface area contributed by atoms with Crippen LogP contribution in [-0.4, -0.2) is 53.3 Å². The second kappa shape index (κ2) is 10.9. The minimum Gasteiger partial charge on any atom is -0.338 e. The van der Waals surface area contributed by atoms with Crippen LogP contribution in [0.25, 0.3) is 0 Å². The van der Waals surface area contributed by atoms with Gasteiger partial charge in [-0.25, -0.2) is 14.4 Å². The van der Waals surface area contributed by atoms with E-state index in [2.05, 4.69) is 39.7 Å². The first-order valence-electron chi connectivity index (χ1n) is 10.7. The molecule has 6 heteroatoms. The third-order valence-electron chi connectivity index (χ3n) is 5.75. The van der Waals surface area contributed by atoms with Crippen molar-refractivity contribution >= 4 is 17.7 Å². The van der Waals surface area contributed by atoms with Crippen LogP contribution in [0.15, 0.2) is 35.5 Å². The van der Waals surface area contributed by atoms with Crippen molar-refractivity contribution in [3.05, 3.63) is 47.5 Å². The number of hydrogen-bond donors (Lipinski definition) is 0. The predicted octanol–water partition coefficient (Wildman–Crippen LogP) is 4.82. The number of anilines is 1. The van der Waals surface area contributed by atoms with Crippen LogP contribution < -0.4 is 4.90 Å². The van der Waals surface area contributed by atoms with Crippen LogP contribution in [0.2, 0.25) is 0 Å². The van der Waals surface area contributed by atoms with Gasteiger partial charge in [-0.1, -0.05) is 19.4 Å². The highest BCUT2D eigenvalue weighted by atomic mass is 32.2. The maximum absolute atomic E-state index is 13.9. The van der Waals surface area contributed by atoms with Crippen LogP contribution in [-0.2, 0) is 12.8 Å². The van der Waals surface area contributed by atoms with E-state index in [1.807, 2.05) is 24.7 Å². The van der Waals surface area contributed by atoms with Gasteiger partial charge < -0.3 is 4.90 Å². The van der Waals surface area contributed by atoms with Crippen molar-refractivity contribution in [1.82, 2.24) is 14.9 Å². The molecule has 2 aromatic rings. The molecule has 1 aromatic heterocycles. The molecule has 1 atom stereocenters. The first-order valence-corrected chi connectivity index (χ1v) is 12.0. The first-order chi connectivity index (χ1) is 14.1. The smallest absolute Gasteiger partial charge is 0.225 e. The van der Waals surface area contributed by atoms with E-state index in [0.717, 1.165) is 74.7 Å². The molecular weight excluding hydrogens is 383 g/mol. The Morgan fingerprint density at radius 2 is 1.79 bits per heavy atom. The predicted molar refractivity (Wildman–Crippen MR) is 120 cm³/mol. The van der Waals surface area contributed by atoms with Crippen molar-refractivity contribution in [2.75, 3.05) is 37.3 Å². The fraction of sp³-hybridized carbons (Fsp3) is 0.565. The molecule has 0 amide bonds. The zero-order valence-corrected chi connectivity index (χ0v) is 18.7. The number of benzene rings is 1. The lowest BCUT2D eigenvalue weighted by molar-refractivity contribution is 0.186. The fourth-order valence-corrected chi connectivity index (χ4v) is 4.40. The van der Waals surface area contributed by atoms with Crippen molar-refractivity contribution in [3.63, 3.8) is 0 Å². The lowest BCUT2D eigenvalue weighted by Gasteiger charge is -2.38. The Morgan fingerprint density at radius 1 is 1.07 bits per heavy atom. The Morgan fingerprint density at radius 3 is 2.41 bits per heavy atom. The average Bonchev–Trinajstić information content (AvgIpc) is 2.75. The van der Waals surface area contributed by atoms with Gasteiger partial charge in [0.25, 0.3) is 0 Å². The molecule has 1 unspecified atom stereocenters. The van der Waals surface area contributed by atoms with E-state index in [4.69, 9.17) is 0 Å². The summed E-state index contributed by atoms with van der Waals surface area (Å²) in [6.07, 6.45) is 11.2. The van der Waals surface area contributed by atoms with E-state index in [0.29, 0.717) is 6.04 Å². The minimum absolute atomic E-state index is 0.0934. The van der Waals surface area contributed by atoms with E-state index < -0.39 is 0 Å². The Balaban J connectivity index is 1.41. The van der Waals surface area contributed by atoms with E-state index in [9.17, 15) is 4.39 Å². The van der Waals surface area contributed by atoms with Gasteiger partial charge >= 0.3 is 0 Å². The van der Waals surface area contributed by atoms with Gasteiger partial charge in [-0.2, -0.15) is 0 Å². The normalized spacial score (nSPS) is 16.2. The van der Waals surface area contributed by atoms with Gasteiger partial charge in [-0.15, -0.1) is 11.8 Å². The average molecular weight is 417 g/mol. The summed E-state index contributed by atoms with van der Waals surface area (Å²) in [5, 5.41) is 0. The van der Waals surface area contributed by atoms with Crippen LogP contribution in [0, 0.1) is 5.82 Å². The second-order valence-electron chi connectivity index (χ2n) is 7.87. The summed E-state index contributed by atoms with van der Waals surface area (Å²) in [6.45, 7) is 8.51. The lowest BCUT2D eigenvalue weighted by Crippen LogP contribution is -2.50. The molecule has 1 aliphatic heterocycles. The SMILES string of the molecule is CCCc1cnc(N2CCN(C(C)CCCc3ccc(SC)c(F)c3)CC2)nc1. The number of halogens is 1. The number of piperazine rings is 1. The lowest BCUT2D eigenvalue weighted by atomic mass is 10.0. The van der Waals surface area contributed by atoms with Gasteiger partial charge in [-0.05, 0) is 62.1 Å². The zero-order valence-electron chi connectivity index (χ0n) is 17.9. The fourth-order valence-electron chi connectivity index (χ4n) is 3.94. The third-order valence-corrected chi connectivity index (χ3v) is 6.53. The Kier molecular flexibility index (Phi) is 8.30. The van der Waals surface area contributed by atoms with Crippen molar-refractivity contribution in [3.8, 4) is 0 Å². The van der Waals surface area contributed by atoms with Gasteiger partial charge in [-0.3, -0.25) is 4.90 Å². The number of rotatable bonds is 9. The molecule has 3 rings (SSSR count). The molecular formula is C23H33FN4S. The van der Waals surface area contributed by atoms with Crippen molar-refractivity contribution in [2.45, 2.75) is 56.9 Å². The van der Waals surface area contributed by atoms with Gasteiger partial charge in [0.2, 0.25) is 5.95 Å². The molecule has 1 aromatic carbocycles. The minimum atomic E-state index is -0.0934. The summed E-state index contributed by atoms with van der Waals surface area (Å²) in [4.78, 5) is 14.7. The largest absolute Gasteiger partial charge is 0.338 e.